The van der Waals surface area contributed by atoms with Crippen LogP contribution in [0, 0.1) is 0 Å². The molecule has 306 valence electrons. The smallest absolute Gasteiger partial charge is 0.0714 e. The minimum atomic E-state index is -0.171. The molecule has 0 bridgehead atoms. The van der Waals surface area contributed by atoms with Crippen LogP contribution in [-0.4, -0.2) is 9.97 Å². The number of rotatable bonds is 4. The molecule has 0 amide bonds. The summed E-state index contributed by atoms with van der Waals surface area (Å²) in [5.41, 5.74) is 25.0. The summed E-state index contributed by atoms with van der Waals surface area (Å²) >= 11 is 0. The van der Waals surface area contributed by atoms with Gasteiger partial charge in [-0.05, 0) is 162 Å². The van der Waals surface area contributed by atoms with Crippen molar-refractivity contribution in [1.82, 2.24) is 9.97 Å². The summed E-state index contributed by atoms with van der Waals surface area (Å²) in [5, 5.41) is 4.83. The Bertz CT molecular complexity index is 3400. The Balaban J connectivity index is 1.11. The Labute approximate surface area is 375 Å². The van der Waals surface area contributed by atoms with Crippen LogP contribution in [0.15, 0.2) is 164 Å². The average molecular weight is 821 g/mol. The number of hydrogen-bond donors (Lipinski definition) is 0. The van der Waals surface area contributed by atoms with E-state index >= 15 is 0 Å². The van der Waals surface area contributed by atoms with Crippen molar-refractivity contribution in [2.75, 3.05) is 0 Å². The van der Waals surface area contributed by atoms with Crippen LogP contribution in [0.2, 0.25) is 0 Å². The molecule has 0 saturated carbocycles. The van der Waals surface area contributed by atoms with Crippen molar-refractivity contribution < 1.29 is 0 Å². The first-order chi connectivity index (χ1) is 31.3. The second kappa shape index (κ2) is 13.7. The number of aromatic nitrogens is 2. The van der Waals surface area contributed by atoms with Gasteiger partial charge in [-0.25, -0.2) is 0 Å². The highest BCUT2D eigenvalue weighted by atomic mass is 14.7. The molecule has 9 aromatic rings. The van der Waals surface area contributed by atoms with Gasteiger partial charge in [0, 0.05) is 45.5 Å². The third kappa shape index (κ3) is 5.32. The molecule has 0 radical (unpaired) electrons. The molecule has 2 nitrogen and oxygen atoms in total. The lowest BCUT2D eigenvalue weighted by Gasteiger charge is -2.25. The van der Waals surface area contributed by atoms with E-state index in [-0.39, 0.29) is 10.8 Å². The lowest BCUT2D eigenvalue weighted by molar-refractivity contribution is 0.661. The molecule has 0 unspecified atom stereocenters. The van der Waals surface area contributed by atoms with Gasteiger partial charge >= 0.3 is 0 Å². The van der Waals surface area contributed by atoms with Crippen LogP contribution in [-0.2, 0) is 23.7 Å². The van der Waals surface area contributed by atoms with Gasteiger partial charge in [0.2, 0.25) is 0 Å². The van der Waals surface area contributed by atoms with Gasteiger partial charge in [0.1, 0.15) is 0 Å². The second-order valence-electron chi connectivity index (χ2n) is 19.5. The highest BCUT2D eigenvalue weighted by Gasteiger charge is 2.39. The SMILES string of the molecule is CC1(C)c2ccccc2-c2cc3c(-c4ccc(C5=CCCc6ccccc65)cn4)c4cc5c(cc4c(-c4ccc(-c6cccc7c6C=CCC7)cn4)c3cc21)C(C)(C)c1ccccc1-5. The molecule has 2 heterocycles. The molecule has 2 heteroatoms. The van der Waals surface area contributed by atoms with Crippen LogP contribution in [0.4, 0.5) is 0 Å². The predicted octanol–water partition coefficient (Wildman–Crippen LogP) is 15.7. The van der Waals surface area contributed by atoms with E-state index in [0.29, 0.717) is 0 Å². The zero-order valence-corrected chi connectivity index (χ0v) is 36.9. The van der Waals surface area contributed by atoms with Crippen molar-refractivity contribution in [2.45, 2.75) is 64.2 Å². The maximum atomic E-state index is 5.45. The number of aryl methyl sites for hydroxylation is 2. The molecular formula is C62H48N2. The second-order valence-corrected chi connectivity index (χ2v) is 19.5. The summed E-state index contributed by atoms with van der Waals surface area (Å²) in [6.07, 6.45) is 15.5. The molecule has 2 aromatic heterocycles. The molecule has 0 fully saturated rings. The minimum absolute atomic E-state index is 0.171. The standard InChI is InChI=1S/C62H48N2/c1-61(2)53-25-11-9-21-45(53)47-31-49-51(33-55(47)61)60(58-30-28-40(36-64-58)44-24-14-18-38-16-6-8-20-42(38)44)52-34-56-48(46-22-10-12-26-54(46)62(56,3)4)32-50(52)59(49)57-29-27-39(35-63-57)43-23-13-17-37-15-5-7-19-41(37)43/h5,7-12,14-15,18-36H,6,13,16-17H2,1-4H3. The maximum Gasteiger partial charge on any atom is 0.0714 e. The highest BCUT2D eigenvalue weighted by molar-refractivity contribution is 6.23. The van der Waals surface area contributed by atoms with Crippen molar-refractivity contribution in [3.05, 3.63) is 214 Å². The summed E-state index contributed by atoms with van der Waals surface area (Å²) in [5.74, 6) is 0. The third-order valence-corrected chi connectivity index (χ3v) is 15.3. The molecule has 0 saturated heterocycles. The lowest BCUT2D eigenvalue weighted by atomic mass is 9.78. The monoisotopic (exact) mass is 820 g/mol. The number of hydrogen-bond acceptors (Lipinski definition) is 2. The van der Waals surface area contributed by atoms with E-state index in [1.165, 1.54) is 111 Å². The van der Waals surface area contributed by atoms with E-state index in [2.05, 4.69) is 198 Å². The van der Waals surface area contributed by atoms with Crippen LogP contribution in [0.25, 0.3) is 89.1 Å². The zero-order chi connectivity index (χ0) is 42.9. The molecule has 0 N–H and O–H groups in total. The Morgan fingerprint density at radius 1 is 0.422 bits per heavy atom. The normalized spacial score (nSPS) is 15.8. The van der Waals surface area contributed by atoms with Crippen molar-refractivity contribution in [1.29, 1.82) is 0 Å². The van der Waals surface area contributed by atoms with E-state index < -0.39 is 0 Å². The van der Waals surface area contributed by atoms with Gasteiger partial charge in [0.15, 0.2) is 0 Å². The van der Waals surface area contributed by atoms with Crippen LogP contribution in [0.1, 0.15) is 90.6 Å². The Kier molecular flexibility index (Phi) is 7.99. The van der Waals surface area contributed by atoms with Crippen molar-refractivity contribution in [2.24, 2.45) is 0 Å². The number of allylic oxidation sites excluding steroid dienone is 2. The third-order valence-electron chi connectivity index (χ3n) is 15.3. The van der Waals surface area contributed by atoms with Crippen LogP contribution >= 0.6 is 0 Å². The summed E-state index contributed by atoms with van der Waals surface area (Å²) < 4.78 is 0. The Morgan fingerprint density at radius 2 is 0.938 bits per heavy atom. The number of nitrogens with zero attached hydrogens (tertiary/aromatic N) is 2. The summed E-state index contributed by atoms with van der Waals surface area (Å²) in [6.45, 7) is 9.55. The van der Waals surface area contributed by atoms with Crippen molar-refractivity contribution in [3.8, 4) is 55.9 Å². The van der Waals surface area contributed by atoms with Gasteiger partial charge < -0.3 is 0 Å². The van der Waals surface area contributed by atoms with E-state index in [9.17, 15) is 0 Å². The number of benzene rings is 7. The fourth-order valence-corrected chi connectivity index (χ4v) is 12.0. The molecule has 0 aliphatic heterocycles. The molecule has 13 rings (SSSR count). The first-order valence-corrected chi connectivity index (χ1v) is 23.1. The van der Waals surface area contributed by atoms with Crippen LogP contribution in [0.5, 0.6) is 0 Å². The first kappa shape index (κ1) is 37.4. The number of pyridine rings is 2. The average Bonchev–Trinajstić information content (AvgIpc) is 3.70. The number of fused-ring (bicyclic) bond motifs is 10. The largest absolute Gasteiger partial charge is 0.256 e. The first-order valence-electron chi connectivity index (χ1n) is 23.1. The van der Waals surface area contributed by atoms with E-state index in [0.717, 1.165) is 48.2 Å². The molecular weight excluding hydrogens is 773 g/mol. The fourth-order valence-electron chi connectivity index (χ4n) is 12.0. The molecule has 7 aromatic carbocycles. The van der Waals surface area contributed by atoms with Crippen LogP contribution < -0.4 is 0 Å². The van der Waals surface area contributed by atoms with Crippen LogP contribution in [0.3, 0.4) is 0 Å². The summed E-state index contributed by atoms with van der Waals surface area (Å²) in [6, 6.07) is 52.8. The maximum absolute atomic E-state index is 5.45. The zero-order valence-electron chi connectivity index (χ0n) is 36.9. The van der Waals surface area contributed by atoms with Crippen molar-refractivity contribution >= 4 is 33.2 Å². The van der Waals surface area contributed by atoms with Gasteiger partial charge in [0.25, 0.3) is 0 Å². The highest BCUT2D eigenvalue weighted by Crippen LogP contribution is 2.56. The molecule has 0 atom stereocenters. The quantitative estimate of drug-likeness (QED) is 0.165. The van der Waals surface area contributed by atoms with E-state index in [1.54, 1.807) is 0 Å². The van der Waals surface area contributed by atoms with E-state index in [1.807, 2.05) is 0 Å². The lowest BCUT2D eigenvalue weighted by Crippen LogP contribution is -2.15. The Hall–Kier alpha value is -7.16. The fraction of sp³-hybridized carbons (Fsp3) is 0.161. The van der Waals surface area contributed by atoms with Gasteiger partial charge in [-0.1, -0.05) is 149 Å². The van der Waals surface area contributed by atoms with Gasteiger partial charge in [-0.3, -0.25) is 9.97 Å². The molecule has 4 aliphatic rings. The Morgan fingerprint density at radius 3 is 1.55 bits per heavy atom. The molecule has 4 aliphatic carbocycles. The van der Waals surface area contributed by atoms with Gasteiger partial charge in [-0.2, -0.15) is 0 Å². The predicted molar refractivity (Wildman–Crippen MR) is 268 cm³/mol. The molecule has 64 heavy (non-hydrogen) atoms. The molecule has 0 spiro atoms. The summed E-state index contributed by atoms with van der Waals surface area (Å²) in [7, 11) is 0. The van der Waals surface area contributed by atoms with Gasteiger partial charge in [-0.15, -0.1) is 0 Å². The minimum Gasteiger partial charge on any atom is -0.256 e. The van der Waals surface area contributed by atoms with E-state index in [4.69, 9.17) is 9.97 Å². The summed E-state index contributed by atoms with van der Waals surface area (Å²) in [4.78, 5) is 10.9. The topological polar surface area (TPSA) is 25.8 Å². The van der Waals surface area contributed by atoms with Gasteiger partial charge in [0.05, 0.1) is 11.4 Å². The van der Waals surface area contributed by atoms with Crippen molar-refractivity contribution in [3.63, 3.8) is 0 Å².